The van der Waals surface area contributed by atoms with Crippen LogP contribution in [0.3, 0.4) is 0 Å². The molecule has 6 nitrogen and oxygen atoms in total. The van der Waals surface area contributed by atoms with E-state index >= 15 is 0 Å². The van der Waals surface area contributed by atoms with Crippen LogP contribution in [-0.4, -0.2) is 27.2 Å². The number of nitrogens with one attached hydrogen (secondary N) is 2. The number of anilines is 1. The Morgan fingerprint density at radius 2 is 2.29 bits per heavy atom. The molecule has 0 saturated carbocycles. The predicted molar refractivity (Wildman–Crippen MR) is 73.1 cm³/mol. The number of hydrogen-bond donors (Lipinski definition) is 2. The van der Waals surface area contributed by atoms with Crippen LogP contribution in [0.1, 0.15) is 12.7 Å². The van der Waals surface area contributed by atoms with Gasteiger partial charge < -0.3 is 10.6 Å². The summed E-state index contributed by atoms with van der Waals surface area (Å²) in [5, 5.41) is 13.5. The highest BCUT2D eigenvalue weighted by Gasteiger charge is 2.10. The summed E-state index contributed by atoms with van der Waals surface area (Å²) < 4.78 is 2.85. The minimum Gasteiger partial charge on any atom is -0.338 e. The molecular weight excluding hydrogens is 333 g/mol. The van der Waals surface area contributed by atoms with Gasteiger partial charge in [0.2, 0.25) is 0 Å². The maximum Gasteiger partial charge on any atom is 0.319 e. The van der Waals surface area contributed by atoms with Crippen molar-refractivity contribution in [2.45, 2.75) is 13.8 Å². The average molecular weight is 345 g/mol. The van der Waals surface area contributed by atoms with E-state index in [-0.39, 0.29) is 6.03 Å². The van der Waals surface area contributed by atoms with Gasteiger partial charge in [0.25, 0.3) is 0 Å². The number of amides is 2. The third-order valence-corrected chi connectivity index (χ3v) is 2.82. The molecule has 17 heavy (non-hydrogen) atoms. The van der Waals surface area contributed by atoms with Gasteiger partial charge in [-0.05, 0) is 42.5 Å². The van der Waals surface area contributed by atoms with E-state index in [1.807, 2.05) is 30.5 Å². The fourth-order valence-corrected chi connectivity index (χ4v) is 2.08. The van der Waals surface area contributed by atoms with Crippen LogP contribution in [-0.2, 0) is 0 Å². The SMILES string of the molecule is CCNC(=O)Nc1cc(I)cn2c(C)nnc12. The molecular formula is C10H12IN5O. The molecule has 90 valence electrons. The quantitative estimate of drug-likeness (QED) is 0.816. The molecule has 2 N–H and O–H groups in total. The van der Waals surface area contributed by atoms with Gasteiger partial charge in [0.1, 0.15) is 5.82 Å². The number of rotatable bonds is 2. The molecule has 2 aromatic heterocycles. The molecule has 0 radical (unpaired) electrons. The summed E-state index contributed by atoms with van der Waals surface area (Å²) >= 11 is 2.19. The number of pyridine rings is 1. The summed E-state index contributed by atoms with van der Waals surface area (Å²) in [5.41, 5.74) is 1.30. The van der Waals surface area contributed by atoms with Crippen molar-refractivity contribution in [3.05, 3.63) is 21.7 Å². The molecule has 7 heteroatoms. The summed E-state index contributed by atoms with van der Waals surface area (Å²) in [5.74, 6) is 0.789. The zero-order valence-electron chi connectivity index (χ0n) is 9.49. The second kappa shape index (κ2) is 4.86. The van der Waals surface area contributed by atoms with E-state index in [1.54, 1.807) is 0 Å². The number of fused-ring (bicyclic) bond motifs is 1. The largest absolute Gasteiger partial charge is 0.338 e. The first-order valence-electron chi connectivity index (χ1n) is 5.17. The van der Waals surface area contributed by atoms with Gasteiger partial charge >= 0.3 is 6.03 Å². The topological polar surface area (TPSA) is 71.3 Å². The van der Waals surface area contributed by atoms with E-state index in [0.29, 0.717) is 17.9 Å². The third kappa shape index (κ3) is 2.48. The van der Waals surface area contributed by atoms with Crippen LogP contribution < -0.4 is 10.6 Å². The van der Waals surface area contributed by atoms with E-state index in [0.717, 1.165) is 9.39 Å². The van der Waals surface area contributed by atoms with Gasteiger partial charge in [-0.3, -0.25) is 4.40 Å². The lowest BCUT2D eigenvalue weighted by atomic mass is 10.4. The van der Waals surface area contributed by atoms with Crippen molar-refractivity contribution in [3.63, 3.8) is 0 Å². The van der Waals surface area contributed by atoms with Crippen LogP contribution >= 0.6 is 22.6 Å². The lowest BCUT2D eigenvalue weighted by Crippen LogP contribution is -2.28. The van der Waals surface area contributed by atoms with E-state index in [4.69, 9.17) is 0 Å². The number of urea groups is 1. The Morgan fingerprint density at radius 1 is 1.53 bits per heavy atom. The first kappa shape index (κ1) is 12.1. The molecule has 0 saturated heterocycles. The molecule has 0 fully saturated rings. The maximum atomic E-state index is 11.5. The van der Waals surface area contributed by atoms with Gasteiger partial charge in [-0.1, -0.05) is 0 Å². The van der Waals surface area contributed by atoms with Crippen molar-refractivity contribution in [1.29, 1.82) is 0 Å². The summed E-state index contributed by atoms with van der Waals surface area (Å²) in [6.07, 6.45) is 1.92. The highest BCUT2D eigenvalue weighted by Crippen LogP contribution is 2.19. The molecule has 2 rings (SSSR count). The first-order valence-corrected chi connectivity index (χ1v) is 6.25. The fourth-order valence-electron chi connectivity index (χ4n) is 1.49. The monoisotopic (exact) mass is 345 g/mol. The van der Waals surface area contributed by atoms with Crippen LogP contribution in [0, 0.1) is 10.5 Å². The smallest absolute Gasteiger partial charge is 0.319 e. The van der Waals surface area contributed by atoms with Gasteiger partial charge in [0.15, 0.2) is 5.65 Å². The van der Waals surface area contributed by atoms with Crippen molar-refractivity contribution < 1.29 is 4.79 Å². The van der Waals surface area contributed by atoms with Gasteiger partial charge in [-0.15, -0.1) is 10.2 Å². The van der Waals surface area contributed by atoms with Crippen LogP contribution in [0.25, 0.3) is 5.65 Å². The number of carbonyl (C=O) groups is 1. The first-order chi connectivity index (χ1) is 8.11. The molecule has 0 atom stereocenters. The van der Waals surface area contributed by atoms with Crippen molar-refractivity contribution in [1.82, 2.24) is 19.9 Å². The normalized spacial score (nSPS) is 10.5. The Kier molecular flexibility index (Phi) is 3.46. The van der Waals surface area contributed by atoms with E-state index in [9.17, 15) is 4.79 Å². The highest BCUT2D eigenvalue weighted by molar-refractivity contribution is 14.1. The molecule has 2 aromatic rings. The zero-order valence-corrected chi connectivity index (χ0v) is 11.6. The minimum atomic E-state index is -0.239. The molecule has 0 aromatic carbocycles. The Balaban J connectivity index is 2.42. The second-order valence-corrected chi connectivity index (χ2v) is 4.74. The van der Waals surface area contributed by atoms with Crippen molar-refractivity contribution >= 4 is 40.0 Å². The number of aromatic nitrogens is 3. The number of nitrogens with zero attached hydrogens (tertiary/aromatic N) is 3. The van der Waals surface area contributed by atoms with Crippen LogP contribution in [0.15, 0.2) is 12.3 Å². The van der Waals surface area contributed by atoms with Crippen molar-refractivity contribution in [2.75, 3.05) is 11.9 Å². The van der Waals surface area contributed by atoms with E-state index in [1.165, 1.54) is 0 Å². The van der Waals surface area contributed by atoms with Crippen LogP contribution in [0.2, 0.25) is 0 Å². The Labute approximate surface area is 112 Å². The number of hydrogen-bond acceptors (Lipinski definition) is 3. The lowest BCUT2D eigenvalue weighted by molar-refractivity contribution is 0.252. The van der Waals surface area contributed by atoms with E-state index < -0.39 is 0 Å². The Morgan fingerprint density at radius 3 is 3.00 bits per heavy atom. The molecule has 0 bridgehead atoms. The van der Waals surface area contributed by atoms with Gasteiger partial charge in [-0.25, -0.2) is 4.79 Å². The average Bonchev–Trinajstić information content (AvgIpc) is 2.61. The molecule has 0 spiro atoms. The molecule has 0 unspecified atom stereocenters. The van der Waals surface area contributed by atoms with Crippen molar-refractivity contribution in [3.8, 4) is 0 Å². The molecule has 0 aliphatic heterocycles. The number of aryl methyl sites for hydroxylation is 1. The second-order valence-electron chi connectivity index (χ2n) is 3.50. The standard InChI is InChI=1S/C10H12IN5O/c1-3-12-10(17)13-8-4-7(11)5-16-6(2)14-15-9(8)16/h4-5H,3H2,1-2H3,(H2,12,13,17). The van der Waals surface area contributed by atoms with Gasteiger partial charge in [0.05, 0.1) is 5.69 Å². The van der Waals surface area contributed by atoms with Gasteiger partial charge in [-0.2, -0.15) is 0 Å². The Bertz CT molecular complexity index is 565. The highest BCUT2D eigenvalue weighted by atomic mass is 127. The van der Waals surface area contributed by atoms with Gasteiger partial charge in [0, 0.05) is 16.3 Å². The summed E-state index contributed by atoms with van der Waals surface area (Å²) in [4.78, 5) is 11.5. The number of carbonyl (C=O) groups excluding carboxylic acids is 1. The number of halogens is 1. The summed E-state index contributed by atoms with van der Waals surface area (Å²) in [6, 6.07) is 1.62. The van der Waals surface area contributed by atoms with E-state index in [2.05, 4.69) is 43.4 Å². The Hall–Kier alpha value is -1.38. The maximum absolute atomic E-state index is 11.5. The summed E-state index contributed by atoms with van der Waals surface area (Å²) in [6.45, 7) is 4.31. The lowest BCUT2D eigenvalue weighted by Gasteiger charge is -2.07. The molecule has 2 heterocycles. The zero-order chi connectivity index (χ0) is 12.4. The molecule has 0 aliphatic carbocycles. The van der Waals surface area contributed by atoms with Crippen LogP contribution in [0.5, 0.6) is 0 Å². The fraction of sp³-hybridized carbons (Fsp3) is 0.300. The predicted octanol–water partition coefficient (Wildman–Crippen LogP) is 1.78. The van der Waals surface area contributed by atoms with Crippen LogP contribution in [0.4, 0.5) is 10.5 Å². The molecule has 0 aliphatic rings. The minimum absolute atomic E-state index is 0.239. The van der Waals surface area contributed by atoms with Crippen molar-refractivity contribution in [2.24, 2.45) is 0 Å². The summed E-state index contributed by atoms with van der Waals surface area (Å²) in [7, 11) is 0. The third-order valence-electron chi connectivity index (χ3n) is 2.23. The molecule has 2 amide bonds.